The van der Waals surface area contributed by atoms with E-state index in [0.29, 0.717) is 6.61 Å². The van der Waals surface area contributed by atoms with Crippen LogP contribution in [0.15, 0.2) is 83.8 Å². The van der Waals surface area contributed by atoms with Crippen LogP contribution >= 0.6 is 11.8 Å². The minimum atomic E-state index is -0.128. The second-order valence-electron chi connectivity index (χ2n) is 7.18. The molecule has 1 unspecified atom stereocenters. The number of thioether (sulfide) groups is 1. The van der Waals surface area contributed by atoms with Crippen LogP contribution in [-0.4, -0.2) is 17.8 Å². The van der Waals surface area contributed by atoms with Gasteiger partial charge < -0.3 is 9.64 Å². The molecular weight excluding hydrogens is 378 g/mol. The highest BCUT2D eigenvalue weighted by Gasteiger charge is 2.29. The van der Waals surface area contributed by atoms with Gasteiger partial charge in [-0.3, -0.25) is 4.79 Å². The van der Waals surface area contributed by atoms with Crippen molar-refractivity contribution < 1.29 is 9.53 Å². The van der Waals surface area contributed by atoms with Crippen LogP contribution < -0.4 is 4.90 Å². The summed E-state index contributed by atoms with van der Waals surface area (Å²) < 4.78 is 5.22. The number of anilines is 1. The lowest BCUT2D eigenvalue weighted by Crippen LogP contribution is -2.22. The summed E-state index contributed by atoms with van der Waals surface area (Å²) in [5, 5.41) is -0.128. The molecule has 0 spiro atoms. The Morgan fingerprint density at radius 3 is 2.17 bits per heavy atom. The molecule has 0 bridgehead atoms. The summed E-state index contributed by atoms with van der Waals surface area (Å²) in [6.07, 6.45) is 0.733. The SMILES string of the molecule is CCOC(=O)C1Cc2cc(N(Cc3ccccc3)Cc3ccccc3)ccc2S1. The lowest BCUT2D eigenvalue weighted by atomic mass is 10.1. The molecule has 1 aliphatic heterocycles. The van der Waals surface area contributed by atoms with Crippen molar-refractivity contribution in [1.82, 2.24) is 0 Å². The average Bonchev–Trinajstić information content (AvgIpc) is 3.18. The first-order valence-electron chi connectivity index (χ1n) is 10.0. The molecule has 148 valence electrons. The molecule has 4 heteroatoms. The molecule has 1 heterocycles. The number of benzene rings is 3. The fourth-order valence-electron chi connectivity index (χ4n) is 3.64. The van der Waals surface area contributed by atoms with Gasteiger partial charge in [-0.15, -0.1) is 11.8 Å². The maximum atomic E-state index is 12.2. The predicted octanol–water partition coefficient (Wildman–Crippen LogP) is 5.47. The third kappa shape index (κ3) is 4.83. The molecule has 29 heavy (non-hydrogen) atoms. The Morgan fingerprint density at radius 2 is 1.59 bits per heavy atom. The van der Waals surface area contributed by atoms with Gasteiger partial charge in [-0.1, -0.05) is 60.7 Å². The summed E-state index contributed by atoms with van der Waals surface area (Å²) >= 11 is 1.62. The van der Waals surface area contributed by atoms with Crippen LogP contribution in [0.1, 0.15) is 23.6 Å². The van der Waals surface area contributed by atoms with Crippen molar-refractivity contribution in [2.24, 2.45) is 0 Å². The van der Waals surface area contributed by atoms with Crippen molar-refractivity contribution >= 4 is 23.4 Å². The molecule has 1 atom stereocenters. The van der Waals surface area contributed by atoms with Gasteiger partial charge >= 0.3 is 5.97 Å². The van der Waals surface area contributed by atoms with Crippen molar-refractivity contribution in [1.29, 1.82) is 0 Å². The summed E-state index contributed by atoms with van der Waals surface area (Å²) in [7, 11) is 0. The molecule has 3 aromatic rings. The molecule has 0 saturated carbocycles. The first-order chi connectivity index (χ1) is 14.2. The minimum absolute atomic E-state index is 0.110. The molecule has 0 fully saturated rings. The molecular formula is C25H25NO2S. The Labute approximate surface area is 176 Å². The van der Waals surface area contributed by atoms with Crippen molar-refractivity contribution in [2.75, 3.05) is 11.5 Å². The smallest absolute Gasteiger partial charge is 0.319 e. The standard InChI is InChI=1S/C25H25NO2S/c1-2-28-25(27)24-16-21-15-22(13-14-23(21)29-24)26(17-19-9-5-3-6-10-19)18-20-11-7-4-8-12-20/h3-15,24H,2,16-18H2,1H3. The van der Waals surface area contributed by atoms with E-state index < -0.39 is 0 Å². The molecule has 4 rings (SSSR count). The van der Waals surface area contributed by atoms with Gasteiger partial charge in [0.2, 0.25) is 0 Å². The number of hydrogen-bond donors (Lipinski definition) is 0. The van der Waals surface area contributed by atoms with E-state index >= 15 is 0 Å². The lowest BCUT2D eigenvalue weighted by Gasteiger charge is -2.26. The number of ether oxygens (including phenoxy) is 1. The van der Waals surface area contributed by atoms with Crippen LogP contribution in [0.2, 0.25) is 0 Å². The molecule has 3 nitrogen and oxygen atoms in total. The van der Waals surface area contributed by atoms with Gasteiger partial charge in [0.1, 0.15) is 5.25 Å². The van der Waals surface area contributed by atoms with Gasteiger partial charge in [-0.25, -0.2) is 0 Å². The lowest BCUT2D eigenvalue weighted by molar-refractivity contribution is -0.142. The number of carbonyl (C=O) groups is 1. The monoisotopic (exact) mass is 403 g/mol. The molecule has 1 aliphatic rings. The number of fused-ring (bicyclic) bond motifs is 1. The maximum absolute atomic E-state index is 12.2. The number of esters is 1. The van der Waals surface area contributed by atoms with Gasteiger partial charge in [-0.05, 0) is 48.2 Å². The molecule has 0 aromatic heterocycles. The number of hydrogen-bond acceptors (Lipinski definition) is 4. The Kier molecular flexibility index (Phi) is 6.20. The second-order valence-corrected chi connectivity index (χ2v) is 8.43. The normalized spacial score (nSPS) is 15.0. The third-order valence-electron chi connectivity index (χ3n) is 5.07. The summed E-state index contributed by atoms with van der Waals surface area (Å²) in [6, 6.07) is 27.7. The zero-order chi connectivity index (χ0) is 20.1. The van der Waals surface area contributed by atoms with Gasteiger partial charge in [0, 0.05) is 23.7 Å². The van der Waals surface area contributed by atoms with Gasteiger partial charge in [-0.2, -0.15) is 0 Å². The summed E-state index contributed by atoms with van der Waals surface area (Å²) in [5.41, 5.74) is 4.98. The zero-order valence-corrected chi connectivity index (χ0v) is 17.4. The number of nitrogens with zero attached hydrogens (tertiary/aromatic N) is 1. The van der Waals surface area contributed by atoms with Gasteiger partial charge in [0.25, 0.3) is 0 Å². The molecule has 3 aromatic carbocycles. The number of carbonyl (C=O) groups excluding carboxylic acids is 1. The topological polar surface area (TPSA) is 29.5 Å². The number of rotatable bonds is 7. The zero-order valence-electron chi connectivity index (χ0n) is 16.6. The van der Waals surface area contributed by atoms with Crippen LogP contribution in [0.25, 0.3) is 0 Å². The van der Waals surface area contributed by atoms with E-state index in [4.69, 9.17) is 4.74 Å². The van der Waals surface area contributed by atoms with Crippen LogP contribution in [0.3, 0.4) is 0 Å². The highest BCUT2D eigenvalue weighted by Crippen LogP contribution is 2.39. The van der Waals surface area contributed by atoms with Crippen molar-refractivity contribution in [3.63, 3.8) is 0 Å². The van der Waals surface area contributed by atoms with Crippen LogP contribution in [0.5, 0.6) is 0 Å². The largest absolute Gasteiger partial charge is 0.465 e. The van der Waals surface area contributed by atoms with Gasteiger partial charge in [0.15, 0.2) is 0 Å². The van der Waals surface area contributed by atoms with Crippen molar-refractivity contribution in [3.8, 4) is 0 Å². The Hall–Kier alpha value is -2.72. The van der Waals surface area contributed by atoms with E-state index in [-0.39, 0.29) is 11.2 Å². The second kappa shape index (κ2) is 9.19. The summed E-state index contributed by atoms with van der Waals surface area (Å²) in [6.45, 7) is 3.96. The highest BCUT2D eigenvalue weighted by molar-refractivity contribution is 8.01. The first-order valence-corrected chi connectivity index (χ1v) is 10.9. The molecule has 0 radical (unpaired) electrons. The minimum Gasteiger partial charge on any atom is -0.465 e. The van der Waals surface area contributed by atoms with Crippen molar-refractivity contribution in [3.05, 3.63) is 95.6 Å². The predicted molar refractivity (Wildman–Crippen MR) is 119 cm³/mol. The maximum Gasteiger partial charge on any atom is 0.319 e. The van der Waals surface area contributed by atoms with Crippen LogP contribution in [0.4, 0.5) is 5.69 Å². The fraction of sp³-hybridized carbons (Fsp3) is 0.240. The highest BCUT2D eigenvalue weighted by atomic mass is 32.2. The Bertz CT molecular complexity index is 918. The van der Waals surface area contributed by atoms with E-state index in [1.807, 2.05) is 19.1 Å². The Balaban J connectivity index is 1.58. The molecule has 0 saturated heterocycles. The average molecular weight is 404 g/mol. The quantitative estimate of drug-likeness (QED) is 0.489. The molecule has 0 amide bonds. The van der Waals surface area contributed by atoms with E-state index in [2.05, 4.69) is 71.6 Å². The first kappa shape index (κ1) is 19.6. The van der Waals surface area contributed by atoms with E-state index in [9.17, 15) is 4.79 Å². The summed E-state index contributed by atoms with van der Waals surface area (Å²) in [4.78, 5) is 15.7. The van der Waals surface area contributed by atoms with Crippen LogP contribution in [0, 0.1) is 0 Å². The van der Waals surface area contributed by atoms with Crippen molar-refractivity contribution in [2.45, 2.75) is 36.6 Å². The van der Waals surface area contributed by atoms with E-state index in [1.54, 1.807) is 11.8 Å². The molecule has 0 aliphatic carbocycles. The Morgan fingerprint density at radius 1 is 0.966 bits per heavy atom. The van der Waals surface area contributed by atoms with Crippen LogP contribution in [-0.2, 0) is 29.0 Å². The third-order valence-corrected chi connectivity index (χ3v) is 6.36. The van der Waals surface area contributed by atoms with E-state index in [1.165, 1.54) is 27.3 Å². The van der Waals surface area contributed by atoms with Gasteiger partial charge in [0.05, 0.1) is 6.61 Å². The molecule has 0 N–H and O–H groups in total. The summed E-state index contributed by atoms with van der Waals surface area (Å²) in [5.74, 6) is -0.110. The fourth-order valence-corrected chi connectivity index (χ4v) is 4.82. The van der Waals surface area contributed by atoms with E-state index in [0.717, 1.165) is 19.5 Å².